The number of carbonyl (C=O) groups is 1. The van der Waals surface area contributed by atoms with E-state index in [4.69, 9.17) is 11.6 Å². The molecule has 0 radical (unpaired) electrons. The maximum Gasteiger partial charge on any atom is 0.416 e. The summed E-state index contributed by atoms with van der Waals surface area (Å²) in [4.78, 5) is 14.4. The molecule has 1 amide bonds. The minimum atomic E-state index is -4.48. The van der Waals surface area contributed by atoms with Crippen LogP contribution in [0.4, 0.5) is 13.2 Å². The first-order chi connectivity index (χ1) is 13.8. The lowest BCUT2D eigenvalue weighted by Crippen LogP contribution is -2.28. The van der Waals surface area contributed by atoms with E-state index in [9.17, 15) is 18.0 Å². The molecule has 29 heavy (non-hydrogen) atoms. The van der Waals surface area contributed by atoms with Crippen LogP contribution in [0.2, 0.25) is 5.02 Å². The number of nitrogens with zero attached hydrogens (tertiary/aromatic N) is 3. The summed E-state index contributed by atoms with van der Waals surface area (Å²) in [6.45, 7) is 0.948. The van der Waals surface area contributed by atoms with Crippen LogP contribution in [0.3, 0.4) is 0 Å². The molecule has 0 bridgehead atoms. The van der Waals surface area contributed by atoms with Crippen LogP contribution < -0.4 is 0 Å². The first-order valence-corrected chi connectivity index (χ1v) is 9.18. The SMILES string of the molecule is O=C(c1cc(-c2cccc(C(F)(F)F)c2)n(-c2cccc(Cl)c2)n1)N1CC=CC1. The Morgan fingerprint density at radius 3 is 2.41 bits per heavy atom. The van der Waals surface area contributed by atoms with Gasteiger partial charge in [0.1, 0.15) is 0 Å². The van der Waals surface area contributed by atoms with Gasteiger partial charge in [0.2, 0.25) is 0 Å². The van der Waals surface area contributed by atoms with E-state index in [1.54, 1.807) is 35.2 Å². The molecular weight excluding hydrogens is 403 g/mol. The molecule has 1 aromatic heterocycles. The fraction of sp³-hybridized carbons (Fsp3) is 0.143. The molecule has 4 rings (SSSR count). The van der Waals surface area contributed by atoms with Crippen LogP contribution in [-0.2, 0) is 6.18 Å². The predicted octanol–water partition coefficient (Wildman–Crippen LogP) is 5.22. The number of aromatic nitrogens is 2. The van der Waals surface area contributed by atoms with Crippen LogP contribution in [-0.4, -0.2) is 33.7 Å². The van der Waals surface area contributed by atoms with E-state index in [2.05, 4.69) is 5.10 Å². The number of amides is 1. The van der Waals surface area contributed by atoms with Crippen molar-refractivity contribution in [3.05, 3.63) is 83.0 Å². The van der Waals surface area contributed by atoms with E-state index in [0.29, 0.717) is 35.1 Å². The summed E-state index contributed by atoms with van der Waals surface area (Å²) in [7, 11) is 0. The molecule has 0 saturated carbocycles. The van der Waals surface area contributed by atoms with Crippen molar-refractivity contribution in [1.82, 2.24) is 14.7 Å². The molecule has 2 aromatic carbocycles. The van der Waals surface area contributed by atoms with Gasteiger partial charge in [-0.05, 0) is 36.4 Å². The Balaban J connectivity index is 1.84. The molecule has 1 aliphatic rings. The van der Waals surface area contributed by atoms with Crippen molar-refractivity contribution >= 4 is 17.5 Å². The summed E-state index contributed by atoms with van der Waals surface area (Å²) in [6.07, 6.45) is -0.726. The number of hydrogen-bond acceptors (Lipinski definition) is 2. The smallest absolute Gasteiger partial charge is 0.330 e. The van der Waals surface area contributed by atoms with Crippen LogP contribution in [0, 0.1) is 0 Å². The molecule has 0 N–H and O–H groups in total. The van der Waals surface area contributed by atoms with E-state index < -0.39 is 11.7 Å². The third-order valence-electron chi connectivity index (χ3n) is 4.57. The number of halogens is 4. The first kappa shape index (κ1) is 19.3. The second-order valence-corrected chi connectivity index (χ2v) is 7.00. The Morgan fingerprint density at radius 2 is 1.72 bits per heavy atom. The summed E-state index contributed by atoms with van der Waals surface area (Å²) in [5.74, 6) is -0.288. The van der Waals surface area contributed by atoms with Gasteiger partial charge in [-0.25, -0.2) is 4.68 Å². The maximum absolute atomic E-state index is 13.2. The second kappa shape index (κ2) is 7.40. The van der Waals surface area contributed by atoms with Crippen molar-refractivity contribution in [1.29, 1.82) is 0 Å². The van der Waals surface area contributed by atoms with Crippen molar-refractivity contribution < 1.29 is 18.0 Å². The summed E-state index contributed by atoms with van der Waals surface area (Å²) in [6, 6.07) is 13.2. The summed E-state index contributed by atoms with van der Waals surface area (Å²) in [5.41, 5.74) is 0.592. The van der Waals surface area contributed by atoms with Gasteiger partial charge >= 0.3 is 6.18 Å². The standard InChI is InChI=1S/C21H15ClF3N3O/c22-16-7-4-8-17(12-16)28-19(14-5-3-6-15(11-14)21(23,24)25)13-18(26-28)20(29)27-9-1-2-10-27/h1-8,11-13H,9-10H2. The first-order valence-electron chi connectivity index (χ1n) is 8.81. The number of alkyl halides is 3. The van der Waals surface area contributed by atoms with E-state index >= 15 is 0 Å². The molecular formula is C21H15ClF3N3O. The van der Waals surface area contributed by atoms with Crippen molar-refractivity contribution in [2.75, 3.05) is 13.1 Å². The molecule has 2 heterocycles. The Hall–Kier alpha value is -3.06. The van der Waals surface area contributed by atoms with Crippen molar-refractivity contribution in [2.45, 2.75) is 6.18 Å². The zero-order valence-corrected chi connectivity index (χ0v) is 15.8. The van der Waals surface area contributed by atoms with Gasteiger partial charge in [0.25, 0.3) is 5.91 Å². The van der Waals surface area contributed by atoms with Gasteiger partial charge < -0.3 is 4.90 Å². The zero-order valence-electron chi connectivity index (χ0n) is 15.0. The summed E-state index contributed by atoms with van der Waals surface area (Å²) >= 11 is 6.08. The Morgan fingerprint density at radius 1 is 1.00 bits per heavy atom. The van der Waals surface area contributed by atoms with Crippen LogP contribution in [0.5, 0.6) is 0 Å². The summed E-state index contributed by atoms with van der Waals surface area (Å²) in [5, 5.41) is 4.84. The lowest BCUT2D eigenvalue weighted by molar-refractivity contribution is -0.137. The molecule has 8 heteroatoms. The molecule has 0 fully saturated rings. The number of rotatable bonds is 3. The number of hydrogen-bond donors (Lipinski definition) is 0. The van der Waals surface area contributed by atoms with E-state index in [-0.39, 0.29) is 11.6 Å². The summed E-state index contributed by atoms with van der Waals surface area (Å²) < 4.78 is 41.0. The van der Waals surface area contributed by atoms with Crippen molar-refractivity contribution in [3.8, 4) is 16.9 Å². The highest BCUT2D eigenvalue weighted by atomic mass is 35.5. The molecule has 0 atom stereocenters. The fourth-order valence-corrected chi connectivity index (χ4v) is 3.34. The molecule has 4 nitrogen and oxygen atoms in total. The molecule has 0 unspecified atom stereocenters. The molecule has 1 aliphatic heterocycles. The van der Waals surface area contributed by atoms with E-state index in [0.717, 1.165) is 12.1 Å². The maximum atomic E-state index is 13.2. The molecule has 3 aromatic rings. The third kappa shape index (κ3) is 3.91. The highest BCUT2D eigenvalue weighted by Crippen LogP contribution is 2.33. The highest BCUT2D eigenvalue weighted by molar-refractivity contribution is 6.30. The lowest BCUT2D eigenvalue weighted by Gasteiger charge is -2.13. The normalized spacial score (nSPS) is 13.9. The fourth-order valence-electron chi connectivity index (χ4n) is 3.16. The number of carbonyl (C=O) groups excluding carboxylic acids is 1. The lowest BCUT2D eigenvalue weighted by atomic mass is 10.1. The monoisotopic (exact) mass is 417 g/mol. The average molecular weight is 418 g/mol. The van der Waals surface area contributed by atoms with Crippen LogP contribution in [0.25, 0.3) is 16.9 Å². The minimum Gasteiger partial charge on any atom is -0.330 e. The molecule has 0 saturated heterocycles. The Kier molecular flexibility index (Phi) is 4.92. The van der Waals surface area contributed by atoms with Gasteiger partial charge in [0.05, 0.1) is 16.9 Å². The van der Waals surface area contributed by atoms with Gasteiger partial charge in [-0.3, -0.25) is 4.79 Å². The predicted molar refractivity (Wildman–Crippen MR) is 104 cm³/mol. The van der Waals surface area contributed by atoms with Crippen LogP contribution in [0.15, 0.2) is 66.7 Å². The van der Waals surface area contributed by atoms with Gasteiger partial charge in [-0.2, -0.15) is 18.3 Å². The number of benzene rings is 2. The topological polar surface area (TPSA) is 38.1 Å². The molecule has 148 valence electrons. The minimum absolute atomic E-state index is 0.154. The van der Waals surface area contributed by atoms with E-state index in [1.807, 2.05) is 12.2 Å². The second-order valence-electron chi connectivity index (χ2n) is 6.57. The van der Waals surface area contributed by atoms with Gasteiger partial charge in [0.15, 0.2) is 5.69 Å². The van der Waals surface area contributed by atoms with Gasteiger partial charge in [-0.15, -0.1) is 0 Å². The zero-order chi connectivity index (χ0) is 20.6. The Labute approximate surface area is 169 Å². The van der Waals surface area contributed by atoms with Gasteiger partial charge in [-0.1, -0.05) is 42.0 Å². The van der Waals surface area contributed by atoms with Crippen LogP contribution in [0.1, 0.15) is 16.1 Å². The molecule has 0 spiro atoms. The largest absolute Gasteiger partial charge is 0.416 e. The Bertz CT molecular complexity index is 1100. The highest BCUT2D eigenvalue weighted by Gasteiger charge is 2.31. The van der Waals surface area contributed by atoms with Crippen molar-refractivity contribution in [2.24, 2.45) is 0 Å². The van der Waals surface area contributed by atoms with Gasteiger partial charge in [0, 0.05) is 23.7 Å². The van der Waals surface area contributed by atoms with E-state index in [1.165, 1.54) is 16.8 Å². The van der Waals surface area contributed by atoms with Crippen LogP contribution >= 0.6 is 11.6 Å². The van der Waals surface area contributed by atoms with Crippen molar-refractivity contribution in [3.63, 3.8) is 0 Å². The quantitative estimate of drug-likeness (QED) is 0.548. The molecule has 0 aliphatic carbocycles. The average Bonchev–Trinajstić information content (AvgIpc) is 3.37. The third-order valence-corrected chi connectivity index (χ3v) is 4.81.